The van der Waals surface area contributed by atoms with Crippen LogP contribution in [-0.2, 0) is 9.59 Å². The van der Waals surface area contributed by atoms with Gasteiger partial charge in [-0.2, -0.15) is 0 Å². The van der Waals surface area contributed by atoms with Gasteiger partial charge in [0.05, 0.1) is 23.5 Å². The van der Waals surface area contributed by atoms with Crippen molar-refractivity contribution in [2.45, 2.75) is 25.8 Å². The number of hydrogen-bond donors (Lipinski definition) is 2. The Morgan fingerprint density at radius 2 is 2.00 bits per heavy atom. The average Bonchev–Trinajstić information content (AvgIpc) is 3.36. The SMILES string of the molecule is Cc1nc2c(NC(=O)c3cncc(-n4ccnc4)n3)cccc2c(=O)n1C1CCC(=O)NC1=O. The van der Waals surface area contributed by atoms with Crippen molar-refractivity contribution in [3.05, 3.63) is 71.2 Å². The van der Waals surface area contributed by atoms with Crippen molar-refractivity contribution >= 4 is 34.3 Å². The van der Waals surface area contributed by atoms with Gasteiger partial charge in [0.15, 0.2) is 5.82 Å². The topological polar surface area (TPSA) is 154 Å². The summed E-state index contributed by atoms with van der Waals surface area (Å²) < 4.78 is 2.90. The highest BCUT2D eigenvalue weighted by Crippen LogP contribution is 2.23. The molecule has 4 heterocycles. The van der Waals surface area contributed by atoms with E-state index in [1.54, 1.807) is 42.1 Å². The number of carbonyl (C=O) groups is 3. The number of nitrogens with one attached hydrogen (secondary N) is 2. The quantitative estimate of drug-likeness (QED) is 0.428. The third-order valence-electron chi connectivity index (χ3n) is 5.50. The van der Waals surface area contributed by atoms with Crippen molar-refractivity contribution in [2.24, 2.45) is 0 Å². The summed E-state index contributed by atoms with van der Waals surface area (Å²) in [4.78, 5) is 66.8. The Labute approximate surface area is 191 Å². The Bertz CT molecular complexity index is 1510. The molecule has 3 aromatic heterocycles. The number of anilines is 1. The van der Waals surface area contributed by atoms with Crippen LogP contribution in [0.3, 0.4) is 0 Å². The van der Waals surface area contributed by atoms with E-state index in [0.29, 0.717) is 11.5 Å². The number of imidazole rings is 1. The first kappa shape index (κ1) is 21.1. The maximum absolute atomic E-state index is 13.3. The minimum absolute atomic E-state index is 0.0665. The molecule has 1 unspecified atom stereocenters. The van der Waals surface area contributed by atoms with Crippen molar-refractivity contribution in [1.29, 1.82) is 0 Å². The van der Waals surface area contributed by atoms with Crippen LogP contribution < -0.4 is 16.2 Å². The van der Waals surface area contributed by atoms with E-state index >= 15 is 0 Å². The molecule has 4 aromatic rings. The van der Waals surface area contributed by atoms with E-state index in [4.69, 9.17) is 0 Å². The number of fused-ring (bicyclic) bond motifs is 1. The lowest BCUT2D eigenvalue weighted by Crippen LogP contribution is -2.45. The van der Waals surface area contributed by atoms with Crippen LogP contribution in [0.2, 0.25) is 0 Å². The van der Waals surface area contributed by atoms with E-state index in [2.05, 4.69) is 30.6 Å². The molecule has 0 bridgehead atoms. The molecule has 2 N–H and O–H groups in total. The van der Waals surface area contributed by atoms with Crippen LogP contribution in [-0.4, -0.2) is 46.8 Å². The molecule has 3 amide bonds. The number of carbonyl (C=O) groups excluding carboxylic acids is 3. The Hall–Kier alpha value is -4.74. The van der Waals surface area contributed by atoms with Crippen molar-refractivity contribution in [3.8, 4) is 5.82 Å². The first-order valence-electron chi connectivity index (χ1n) is 10.4. The Morgan fingerprint density at radius 1 is 1.15 bits per heavy atom. The molecule has 12 nitrogen and oxygen atoms in total. The van der Waals surface area contributed by atoms with Crippen molar-refractivity contribution in [1.82, 2.24) is 34.4 Å². The molecule has 170 valence electrons. The highest BCUT2D eigenvalue weighted by molar-refractivity contribution is 6.07. The number of imide groups is 1. The standard InChI is InChI=1S/C22H18N8O4/c1-12-25-19-13(22(34)30(12)16-5-6-18(31)28-21(16)33)3-2-4-14(19)27-20(32)15-9-24-10-17(26-15)29-8-7-23-11-29/h2-4,7-11,16H,5-6H2,1H3,(H,27,32)(H,28,31,33). The molecule has 1 aliphatic rings. The minimum Gasteiger partial charge on any atom is -0.319 e. The lowest BCUT2D eigenvalue weighted by atomic mass is 10.1. The van der Waals surface area contributed by atoms with Crippen molar-refractivity contribution < 1.29 is 14.4 Å². The molecule has 1 atom stereocenters. The molecule has 0 saturated carbocycles. The highest BCUT2D eigenvalue weighted by Gasteiger charge is 2.30. The van der Waals surface area contributed by atoms with Crippen LogP contribution in [0.5, 0.6) is 0 Å². The molecule has 1 saturated heterocycles. The van der Waals surface area contributed by atoms with Gasteiger partial charge in [0.25, 0.3) is 11.5 Å². The van der Waals surface area contributed by atoms with Crippen LogP contribution in [0.1, 0.15) is 35.2 Å². The second-order valence-electron chi connectivity index (χ2n) is 7.69. The summed E-state index contributed by atoms with van der Waals surface area (Å²) in [5.74, 6) is -0.732. The van der Waals surface area contributed by atoms with E-state index in [1.165, 1.54) is 23.3 Å². The first-order chi connectivity index (χ1) is 16.4. The molecule has 34 heavy (non-hydrogen) atoms. The molecule has 0 spiro atoms. The van der Waals surface area contributed by atoms with Gasteiger partial charge in [0, 0.05) is 18.8 Å². The van der Waals surface area contributed by atoms with Gasteiger partial charge in [-0.25, -0.2) is 15.0 Å². The van der Waals surface area contributed by atoms with Gasteiger partial charge in [0.1, 0.15) is 29.4 Å². The normalized spacial score (nSPS) is 15.9. The molecule has 0 aliphatic carbocycles. The molecule has 5 rings (SSSR count). The number of nitrogens with zero attached hydrogens (tertiary/aromatic N) is 6. The maximum atomic E-state index is 13.3. The molecule has 1 aromatic carbocycles. The fraction of sp³-hybridized carbons (Fsp3) is 0.182. The second kappa shape index (κ2) is 8.31. The number of benzene rings is 1. The summed E-state index contributed by atoms with van der Waals surface area (Å²) in [6.07, 6.45) is 7.97. The third kappa shape index (κ3) is 3.70. The Balaban J connectivity index is 1.50. The smallest absolute Gasteiger partial charge is 0.276 e. The van der Waals surface area contributed by atoms with Gasteiger partial charge in [-0.3, -0.25) is 38.6 Å². The van der Waals surface area contributed by atoms with Gasteiger partial charge < -0.3 is 5.32 Å². The molecular weight excluding hydrogens is 440 g/mol. The summed E-state index contributed by atoms with van der Waals surface area (Å²) in [6.45, 7) is 1.60. The Kier molecular flexibility index (Phi) is 5.17. The van der Waals surface area contributed by atoms with E-state index in [9.17, 15) is 19.2 Å². The predicted molar refractivity (Wildman–Crippen MR) is 119 cm³/mol. The summed E-state index contributed by atoms with van der Waals surface area (Å²) in [6, 6.07) is 3.97. The molecular formula is C22H18N8O4. The van der Waals surface area contributed by atoms with E-state index in [-0.39, 0.29) is 41.2 Å². The van der Waals surface area contributed by atoms with Crippen molar-refractivity contribution in [2.75, 3.05) is 5.32 Å². The summed E-state index contributed by atoms with van der Waals surface area (Å²) >= 11 is 0. The predicted octanol–water partition coefficient (Wildman–Crippen LogP) is 0.911. The van der Waals surface area contributed by atoms with E-state index in [1.807, 2.05) is 0 Å². The van der Waals surface area contributed by atoms with E-state index in [0.717, 1.165) is 0 Å². The maximum Gasteiger partial charge on any atom is 0.276 e. The number of amides is 3. The largest absolute Gasteiger partial charge is 0.319 e. The summed E-state index contributed by atoms with van der Waals surface area (Å²) in [5, 5.41) is 5.23. The number of rotatable bonds is 4. The molecule has 1 fully saturated rings. The third-order valence-corrected chi connectivity index (χ3v) is 5.50. The Morgan fingerprint density at radius 3 is 2.76 bits per heavy atom. The number of para-hydroxylation sites is 1. The minimum atomic E-state index is -0.832. The van der Waals surface area contributed by atoms with E-state index < -0.39 is 23.4 Å². The summed E-state index contributed by atoms with van der Waals surface area (Å²) in [7, 11) is 0. The van der Waals surface area contributed by atoms with Crippen molar-refractivity contribution in [3.63, 3.8) is 0 Å². The zero-order valence-corrected chi connectivity index (χ0v) is 17.9. The van der Waals surface area contributed by atoms with Crippen LogP contribution in [0.25, 0.3) is 16.7 Å². The van der Waals surface area contributed by atoms with Crippen LogP contribution in [0, 0.1) is 6.92 Å². The highest BCUT2D eigenvalue weighted by atomic mass is 16.2. The average molecular weight is 458 g/mol. The van der Waals surface area contributed by atoms with Crippen LogP contribution in [0.4, 0.5) is 5.69 Å². The monoisotopic (exact) mass is 458 g/mol. The first-order valence-corrected chi connectivity index (χ1v) is 10.4. The van der Waals surface area contributed by atoms with Crippen LogP contribution >= 0.6 is 0 Å². The number of hydrogen-bond acceptors (Lipinski definition) is 8. The van der Waals surface area contributed by atoms with Gasteiger partial charge in [-0.15, -0.1) is 0 Å². The van der Waals surface area contributed by atoms with Crippen LogP contribution in [0.15, 0.2) is 54.1 Å². The number of aryl methyl sites for hydroxylation is 1. The molecule has 1 aliphatic heterocycles. The zero-order valence-electron chi connectivity index (χ0n) is 17.9. The van der Waals surface area contributed by atoms with Gasteiger partial charge in [-0.05, 0) is 25.5 Å². The number of aromatic nitrogens is 6. The fourth-order valence-electron chi connectivity index (χ4n) is 3.90. The lowest BCUT2D eigenvalue weighted by molar-refractivity contribution is -0.135. The second-order valence-corrected chi connectivity index (χ2v) is 7.69. The van der Waals surface area contributed by atoms with Gasteiger partial charge >= 0.3 is 0 Å². The summed E-state index contributed by atoms with van der Waals surface area (Å²) in [5.41, 5.74) is 0.223. The zero-order chi connectivity index (χ0) is 23.8. The molecule has 0 radical (unpaired) electrons. The number of piperidine rings is 1. The molecule has 12 heteroatoms. The lowest BCUT2D eigenvalue weighted by Gasteiger charge is -2.24. The van der Waals surface area contributed by atoms with Gasteiger partial charge in [-0.1, -0.05) is 6.07 Å². The van der Waals surface area contributed by atoms with Gasteiger partial charge in [0.2, 0.25) is 11.8 Å². The fourth-order valence-corrected chi connectivity index (χ4v) is 3.90.